The molecular weight excluding hydrogens is 306 g/mol. The maximum absolute atomic E-state index is 11.6. The third-order valence-corrected chi connectivity index (χ3v) is 3.79. The van der Waals surface area contributed by atoms with E-state index in [0.717, 1.165) is 24.0 Å². The van der Waals surface area contributed by atoms with Crippen molar-refractivity contribution in [2.75, 3.05) is 26.8 Å². The molecule has 0 heterocycles. The average molecular weight is 337 g/mol. The largest absolute Gasteiger partial charge is 0.466 e. The Morgan fingerprint density at radius 2 is 2.04 bits per heavy atom. The van der Waals surface area contributed by atoms with Gasteiger partial charge in [-0.25, -0.2) is 0 Å². The van der Waals surface area contributed by atoms with Crippen LogP contribution in [0.3, 0.4) is 0 Å². The van der Waals surface area contributed by atoms with E-state index in [4.69, 9.17) is 9.47 Å². The lowest BCUT2D eigenvalue weighted by Gasteiger charge is -2.22. The van der Waals surface area contributed by atoms with Crippen molar-refractivity contribution in [1.82, 2.24) is 5.32 Å². The van der Waals surface area contributed by atoms with Crippen LogP contribution in [-0.4, -0.2) is 44.0 Å². The highest BCUT2D eigenvalue weighted by atomic mass is 16.5. The van der Waals surface area contributed by atoms with Crippen molar-refractivity contribution in [3.63, 3.8) is 0 Å². The standard InChI is InChI=1S/C19H31NO4/c1-4-8-18(24-14-16(21)13-20-3)17-10-7-6-9-15(17)11-12-19(22)23-5-2/h6-7,9-10,16,18,20-21H,4-5,8,11-14H2,1-3H3. The molecule has 0 fully saturated rings. The Morgan fingerprint density at radius 3 is 2.71 bits per heavy atom. The third-order valence-electron chi connectivity index (χ3n) is 3.79. The molecule has 0 aromatic heterocycles. The highest BCUT2D eigenvalue weighted by Gasteiger charge is 2.17. The summed E-state index contributed by atoms with van der Waals surface area (Å²) in [5, 5.41) is 12.8. The average Bonchev–Trinajstić information content (AvgIpc) is 2.57. The number of aliphatic hydroxyl groups excluding tert-OH is 1. The monoisotopic (exact) mass is 337 g/mol. The molecule has 0 amide bonds. The number of carbonyl (C=O) groups excluding carboxylic acids is 1. The molecule has 1 aromatic rings. The number of rotatable bonds is 12. The quantitative estimate of drug-likeness (QED) is 0.574. The fourth-order valence-corrected chi connectivity index (χ4v) is 2.66. The molecule has 0 aliphatic rings. The molecule has 0 saturated heterocycles. The zero-order valence-corrected chi connectivity index (χ0v) is 15.1. The first-order valence-electron chi connectivity index (χ1n) is 8.80. The zero-order valence-electron chi connectivity index (χ0n) is 15.1. The fourth-order valence-electron chi connectivity index (χ4n) is 2.66. The molecule has 0 radical (unpaired) electrons. The zero-order chi connectivity index (χ0) is 17.8. The van der Waals surface area contributed by atoms with Gasteiger partial charge in [0, 0.05) is 13.0 Å². The van der Waals surface area contributed by atoms with Crippen molar-refractivity contribution in [2.24, 2.45) is 0 Å². The second-order valence-corrected chi connectivity index (χ2v) is 5.83. The molecule has 0 bridgehead atoms. The van der Waals surface area contributed by atoms with E-state index in [1.807, 2.05) is 31.2 Å². The van der Waals surface area contributed by atoms with E-state index in [1.54, 1.807) is 7.05 Å². The predicted molar refractivity (Wildman–Crippen MR) is 94.9 cm³/mol. The second kappa shape index (κ2) is 12.0. The van der Waals surface area contributed by atoms with Crippen LogP contribution in [-0.2, 0) is 20.7 Å². The van der Waals surface area contributed by atoms with Gasteiger partial charge >= 0.3 is 5.97 Å². The molecule has 0 saturated carbocycles. The molecule has 0 aliphatic heterocycles. The van der Waals surface area contributed by atoms with Gasteiger partial charge in [-0.2, -0.15) is 0 Å². The van der Waals surface area contributed by atoms with Crippen LogP contribution in [0.1, 0.15) is 50.3 Å². The third kappa shape index (κ3) is 7.43. The minimum Gasteiger partial charge on any atom is -0.466 e. The SMILES string of the molecule is CCCC(OCC(O)CNC)c1ccccc1CCC(=O)OCC. The van der Waals surface area contributed by atoms with Gasteiger partial charge in [-0.3, -0.25) is 4.79 Å². The minimum atomic E-state index is -0.527. The number of hydrogen-bond acceptors (Lipinski definition) is 5. The summed E-state index contributed by atoms with van der Waals surface area (Å²) in [7, 11) is 1.80. The summed E-state index contributed by atoms with van der Waals surface area (Å²) in [6.07, 6.45) is 2.27. The van der Waals surface area contributed by atoms with Crippen LogP contribution in [0, 0.1) is 0 Å². The van der Waals surface area contributed by atoms with Gasteiger partial charge < -0.3 is 19.9 Å². The lowest BCUT2D eigenvalue weighted by molar-refractivity contribution is -0.143. The van der Waals surface area contributed by atoms with Crippen LogP contribution in [0.15, 0.2) is 24.3 Å². The molecule has 2 atom stereocenters. The molecule has 24 heavy (non-hydrogen) atoms. The topological polar surface area (TPSA) is 67.8 Å². The molecule has 1 aromatic carbocycles. The van der Waals surface area contributed by atoms with E-state index < -0.39 is 6.10 Å². The minimum absolute atomic E-state index is 0.0695. The van der Waals surface area contributed by atoms with Gasteiger partial charge in [0.25, 0.3) is 0 Å². The van der Waals surface area contributed by atoms with Crippen molar-refractivity contribution in [1.29, 1.82) is 0 Å². The van der Waals surface area contributed by atoms with Crippen molar-refractivity contribution in [2.45, 2.75) is 51.7 Å². The summed E-state index contributed by atoms with van der Waals surface area (Å²) < 4.78 is 11.0. The van der Waals surface area contributed by atoms with Gasteiger partial charge in [0.2, 0.25) is 0 Å². The van der Waals surface area contributed by atoms with Crippen LogP contribution in [0.2, 0.25) is 0 Å². The lowest BCUT2D eigenvalue weighted by Crippen LogP contribution is -2.28. The Morgan fingerprint density at radius 1 is 1.29 bits per heavy atom. The Kier molecular flexibility index (Phi) is 10.3. The normalized spacial score (nSPS) is 13.5. The van der Waals surface area contributed by atoms with Crippen molar-refractivity contribution >= 4 is 5.97 Å². The number of carbonyl (C=O) groups is 1. The Hall–Kier alpha value is -1.43. The van der Waals surface area contributed by atoms with Crippen LogP contribution in [0.4, 0.5) is 0 Å². The lowest BCUT2D eigenvalue weighted by atomic mass is 9.96. The summed E-state index contributed by atoms with van der Waals surface area (Å²) >= 11 is 0. The first-order valence-corrected chi connectivity index (χ1v) is 8.80. The highest BCUT2D eigenvalue weighted by molar-refractivity contribution is 5.69. The molecule has 5 nitrogen and oxygen atoms in total. The first-order chi connectivity index (χ1) is 11.6. The number of likely N-dealkylation sites (N-methyl/N-ethyl adjacent to an activating group) is 1. The Bertz CT molecular complexity index is 478. The van der Waals surface area contributed by atoms with Crippen LogP contribution >= 0.6 is 0 Å². The van der Waals surface area contributed by atoms with Crippen LogP contribution in [0.5, 0.6) is 0 Å². The second-order valence-electron chi connectivity index (χ2n) is 5.83. The Balaban J connectivity index is 2.76. The van der Waals surface area contributed by atoms with Gasteiger partial charge in [-0.05, 0) is 37.9 Å². The van der Waals surface area contributed by atoms with Crippen molar-refractivity contribution < 1.29 is 19.4 Å². The van der Waals surface area contributed by atoms with Gasteiger partial charge in [-0.1, -0.05) is 37.6 Å². The maximum Gasteiger partial charge on any atom is 0.306 e. The van der Waals surface area contributed by atoms with E-state index in [0.29, 0.717) is 26.0 Å². The number of nitrogens with one attached hydrogen (secondary N) is 1. The van der Waals surface area contributed by atoms with Crippen molar-refractivity contribution in [3.8, 4) is 0 Å². The molecule has 136 valence electrons. The summed E-state index contributed by atoms with van der Waals surface area (Å²) in [6, 6.07) is 8.04. The predicted octanol–water partition coefficient (Wildman–Crippen LogP) is 2.62. The van der Waals surface area contributed by atoms with E-state index in [9.17, 15) is 9.90 Å². The summed E-state index contributed by atoms with van der Waals surface area (Å²) in [4.78, 5) is 11.6. The molecule has 0 aliphatic carbocycles. The summed E-state index contributed by atoms with van der Waals surface area (Å²) in [5.41, 5.74) is 2.20. The number of esters is 1. The summed E-state index contributed by atoms with van der Waals surface area (Å²) in [5.74, 6) is -0.176. The van der Waals surface area contributed by atoms with Gasteiger partial charge in [0.1, 0.15) is 0 Å². The van der Waals surface area contributed by atoms with Gasteiger partial charge in [0.15, 0.2) is 0 Å². The fraction of sp³-hybridized carbons (Fsp3) is 0.632. The number of ether oxygens (including phenoxy) is 2. The van der Waals surface area contributed by atoms with E-state index in [-0.39, 0.29) is 18.7 Å². The van der Waals surface area contributed by atoms with Crippen molar-refractivity contribution in [3.05, 3.63) is 35.4 Å². The molecule has 5 heteroatoms. The molecule has 2 unspecified atom stereocenters. The molecule has 2 N–H and O–H groups in total. The van der Waals surface area contributed by atoms with E-state index >= 15 is 0 Å². The molecule has 0 spiro atoms. The van der Waals surface area contributed by atoms with E-state index in [1.165, 1.54) is 0 Å². The smallest absolute Gasteiger partial charge is 0.306 e. The first kappa shape index (κ1) is 20.6. The van der Waals surface area contributed by atoms with Crippen LogP contribution in [0.25, 0.3) is 0 Å². The molecular formula is C19H31NO4. The molecule has 1 rings (SSSR count). The van der Waals surface area contributed by atoms with Gasteiger partial charge in [0.05, 0.1) is 25.4 Å². The number of hydrogen-bond donors (Lipinski definition) is 2. The summed E-state index contributed by atoms with van der Waals surface area (Å²) in [6.45, 7) is 5.13. The number of aryl methyl sites for hydroxylation is 1. The van der Waals surface area contributed by atoms with Crippen LogP contribution < -0.4 is 5.32 Å². The van der Waals surface area contributed by atoms with Gasteiger partial charge in [-0.15, -0.1) is 0 Å². The van der Waals surface area contributed by atoms with E-state index in [2.05, 4.69) is 12.2 Å². The highest BCUT2D eigenvalue weighted by Crippen LogP contribution is 2.27. The number of aliphatic hydroxyl groups is 1. The Labute approximate surface area is 145 Å². The maximum atomic E-state index is 11.6. The number of benzene rings is 1.